The maximum Gasteiger partial charge on any atom is 0.342 e. The van der Waals surface area contributed by atoms with Crippen LogP contribution in [0.1, 0.15) is 41.5 Å². The lowest BCUT2D eigenvalue weighted by molar-refractivity contribution is -0.268. The maximum atomic E-state index is 14.0. The molecule has 1 fully saturated rings. The smallest absolute Gasteiger partial charge is 0.342 e. The molecule has 13 heteroatoms. The topological polar surface area (TPSA) is 153 Å². The molecule has 0 bridgehead atoms. The van der Waals surface area contributed by atoms with Gasteiger partial charge in [-0.3, -0.25) is 9.36 Å². The standard InChI is InChI=1S/C27H39N6O6P/c1-17(13-33-15-31-20-21(28)29-14-30-22(20)33)37-16-40(35,39-19-11-9-8-10-12-19)32-18(2)23(34)38-25-26(3,4)24(36-7)27(25,5)6/h8-12,14-15,17-18,24-25H,13,16H2,1-7H3,(H,32,35)(H2,28,29,30)/t17-,18+,24?,25?,40-/m1/s1. The fraction of sp³-hybridized carbons (Fsp3) is 0.556. The van der Waals surface area contributed by atoms with Gasteiger partial charge in [0.15, 0.2) is 11.5 Å². The van der Waals surface area contributed by atoms with Crippen LogP contribution in [0.25, 0.3) is 11.2 Å². The molecule has 40 heavy (non-hydrogen) atoms. The van der Waals surface area contributed by atoms with Crippen molar-refractivity contribution in [1.29, 1.82) is 0 Å². The molecule has 1 aliphatic carbocycles. The number of carbonyl (C=O) groups excluding carboxylic acids is 1. The van der Waals surface area contributed by atoms with Crippen molar-refractivity contribution in [3.8, 4) is 5.75 Å². The largest absolute Gasteiger partial charge is 0.460 e. The van der Waals surface area contributed by atoms with Crippen LogP contribution in [-0.2, 0) is 30.1 Å². The number of hydrogen-bond acceptors (Lipinski definition) is 10. The highest BCUT2D eigenvalue weighted by Gasteiger charge is 2.64. The molecule has 0 amide bonds. The highest BCUT2D eigenvalue weighted by molar-refractivity contribution is 7.57. The molecule has 3 aromatic rings. The molecule has 4 rings (SSSR count). The number of nitrogens with one attached hydrogen (secondary N) is 1. The summed E-state index contributed by atoms with van der Waals surface area (Å²) in [6.07, 6.45) is 1.82. The van der Waals surface area contributed by atoms with Gasteiger partial charge >= 0.3 is 13.5 Å². The Morgan fingerprint density at radius 1 is 1.10 bits per heavy atom. The van der Waals surface area contributed by atoms with Crippen LogP contribution in [0.2, 0.25) is 0 Å². The molecule has 1 aliphatic rings. The first kappa shape index (κ1) is 29.9. The lowest BCUT2D eigenvalue weighted by Gasteiger charge is -2.61. The molecule has 0 spiro atoms. The molecule has 0 radical (unpaired) electrons. The summed E-state index contributed by atoms with van der Waals surface area (Å²) in [6.45, 7) is 11.8. The molecule has 3 atom stereocenters. The van der Waals surface area contributed by atoms with E-state index in [1.807, 2.05) is 40.7 Å². The number of methoxy groups -OCH3 is 1. The number of nitrogens with zero attached hydrogens (tertiary/aromatic N) is 4. The van der Waals surface area contributed by atoms with Crippen molar-refractivity contribution in [1.82, 2.24) is 24.6 Å². The van der Waals surface area contributed by atoms with Crippen LogP contribution >= 0.6 is 7.52 Å². The minimum Gasteiger partial charge on any atom is -0.460 e. The van der Waals surface area contributed by atoms with E-state index in [4.69, 9.17) is 24.5 Å². The number of aromatic nitrogens is 4. The minimum absolute atomic E-state index is 0.0704. The van der Waals surface area contributed by atoms with E-state index in [1.165, 1.54) is 6.33 Å². The first-order chi connectivity index (χ1) is 18.8. The van der Waals surface area contributed by atoms with Gasteiger partial charge in [0, 0.05) is 17.9 Å². The SMILES string of the molecule is COC1C(C)(C)C(OC(=O)[C@H](C)N[P@@](=O)(CO[C@H](C)Cn2cnc3c(N)ncnc32)Oc2ccccc2)C1(C)C. The number of benzene rings is 1. The Morgan fingerprint density at radius 3 is 2.42 bits per heavy atom. The fourth-order valence-electron chi connectivity index (χ4n) is 5.90. The Bertz CT molecular complexity index is 1360. The number of anilines is 1. The van der Waals surface area contributed by atoms with Crippen LogP contribution in [0.5, 0.6) is 5.75 Å². The van der Waals surface area contributed by atoms with E-state index in [2.05, 4.69) is 20.0 Å². The Hall–Kier alpha value is -3.05. The van der Waals surface area contributed by atoms with E-state index in [0.29, 0.717) is 23.5 Å². The van der Waals surface area contributed by atoms with Gasteiger partial charge in [-0.25, -0.2) is 20.0 Å². The lowest BCUT2D eigenvalue weighted by atomic mass is 9.51. The number of hydrogen-bond donors (Lipinski definition) is 2. The summed E-state index contributed by atoms with van der Waals surface area (Å²) in [7, 11) is -2.08. The summed E-state index contributed by atoms with van der Waals surface area (Å²) in [5, 5.41) is 2.87. The summed E-state index contributed by atoms with van der Waals surface area (Å²) >= 11 is 0. The summed E-state index contributed by atoms with van der Waals surface area (Å²) in [5.41, 5.74) is 6.20. The van der Waals surface area contributed by atoms with Gasteiger partial charge < -0.3 is 29.0 Å². The molecule has 0 aliphatic heterocycles. The summed E-state index contributed by atoms with van der Waals surface area (Å²) in [6, 6.07) is 7.81. The van der Waals surface area contributed by atoms with Crippen molar-refractivity contribution < 1.29 is 28.1 Å². The van der Waals surface area contributed by atoms with Gasteiger partial charge in [-0.2, -0.15) is 0 Å². The van der Waals surface area contributed by atoms with Gasteiger partial charge in [0.2, 0.25) is 0 Å². The maximum absolute atomic E-state index is 14.0. The van der Waals surface area contributed by atoms with Crippen molar-refractivity contribution in [3.05, 3.63) is 43.0 Å². The van der Waals surface area contributed by atoms with Gasteiger partial charge in [0.25, 0.3) is 0 Å². The van der Waals surface area contributed by atoms with Crippen LogP contribution in [0.3, 0.4) is 0 Å². The van der Waals surface area contributed by atoms with E-state index in [1.54, 1.807) is 49.2 Å². The third kappa shape index (κ3) is 6.00. The molecule has 2 aromatic heterocycles. The minimum atomic E-state index is -3.74. The Kier molecular flexibility index (Phi) is 8.56. The zero-order valence-electron chi connectivity index (χ0n) is 24.0. The zero-order valence-corrected chi connectivity index (χ0v) is 24.9. The predicted molar refractivity (Wildman–Crippen MR) is 151 cm³/mol. The number of carbonyl (C=O) groups is 1. The average molecular weight is 575 g/mol. The van der Waals surface area contributed by atoms with Crippen molar-refractivity contribution in [3.63, 3.8) is 0 Å². The van der Waals surface area contributed by atoms with Gasteiger partial charge in [0.05, 0.1) is 25.1 Å². The molecule has 218 valence electrons. The molecular weight excluding hydrogens is 535 g/mol. The second-order valence-corrected chi connectivity index (χ2v) is 13.5. The van der Waals surface area contributed by atoms with Gasteiger partial charge in [-0.15, -0.1) is 0 Å². The normalized spacial score (nSPS) is 22.6. The molecule has 0 saturated heterocycles. The number of nitrogens with two attached hydrogens (primary N) is 1. The van der Waals surface area contributed by atoms with Gasteiger partial charge in [-0.1, -0.05) is 45.9 Å². The quantitative estimate of drug-likeness (QED) is 0.238. The summed E-state index contributed by atoms with van der Waals surface area (Å²) in [5.74, 6) is 0.134. The average Bonchev–Trinajstić information content (AvgIpc) is 3.30. The van der Waals surface area contributed by atoms with Crippen molar-refractivity contribution in [2.75, 3.05) is 19.2 Å². The van der Waals surface area contributed by atoms with Crippen LogP contribution < -0.4 is 15.3 Å². The van der Waals surface area contributed by atoms with Crippen molar-refractivity contribution in [2.24, 2.45) is 10.8 Å². The van der Waals surface area contributed by atoms with E-state index in [-0.39, 0.29) is 35.2 Å². The van der Waals surface area contributed by atoms with Gasteiger partial charge in [-0.05, 0) is 26.0 Å². The number of para-hydroxylation sites is 1. The second-order valence-electron chi connectivity index (χ2n) is 11.4. The van der Waals surface area contributed by atoms with E-state index in [9.17, 15) is 9.36 Å². The molecule has 1 aromatic carbocycles. The second kappa shape index (κ2) is 11.4. The van der Waals surface area contributed by atoms with Crippen LogP contribution in [0, 0.1) is 10.8 Å². The Balaban J connectivity index is 1.44. The lowest BCUT2D eigenvalue weighted by Crippen LogP contribution is -2.69. The van der Waals surface area contributed by atoms with Crippen molar-refractivity contribution in [2.45, 2.75) is 72.4 Å². The van der Waals surface area contributed by atoms with Crippen LogP contribution in [0.4, 0.5) is 5.82 Å². The number of ether oxygens (including phenoxy) is 3. The third-order valence-electron chi connectivity index (χ3n) is 7.33. The van der Waals surface area contributed by atoms with Crippen LogP contribution in [-0.4, -0.2) is 63.3 Å². The van der Waals surface area contributed by atoms with Crippen LogP contribution in [0.15, 0.2) is 43.0 Å². The molecule has 1 saturated carbocycles. The molecule has 3 N–H and O–H groups in total. The summed E-state index contributed by atoms with van der Waals surface area (Å²) < 4.78 is 39.3. The third-order valence-corrected chi connectivity index (χ3v) is 9.10. The number of imidazole rings is 1. The summed E-state index contributed by atoms with van der Waals surface area (Å²) in [4.78, 5) is 25.6. The first-order valence-electron chi connectivity index (χ1n) is 13.2. The first-order valence-corrected chi connectivity index (χ1v) is 15.0. The zero-order chi connectivity index (χ0) is 29.3. The fourth-order valence-corrected chi connectivity index (χ4v) is 7.69. The monoisotopic (exact) mass is 574 g/mol. The number of rotatable bonds is 12. The van der Waals surface area contributed by atoms with Crippen molar-refractivity contribution >= 4 is 30.5 Å². The van der Waals surface area contributed by atoms with E-state index < -0.39 is 25.6 Å². The molecular formula is C27H39N6O6P. The number of fused-ring (bicyclic) bond motifs is 1. The Labute approximate surface area is 234 Å². The Morgan fingerprint density at radius 2 is 1.77 bits per heavy atom. The van der Waals surface area contributed by atoms with E-state index >= 15 is 0 Å². The molecule has 2 heterocycles. The highest BCUT2D eigenvalue weighted by Crippen LogP contribution is 2.57. The predicted octanol–water partition coefficient (Wildman–Crippen LogP) is 4.01. The number of esters is 1. The van der Waals surface area contributed by atoms with Gasteiger partial charge in [0.1, 0.15) is 36.1 Å². The number of nitrogen functional groups attached to an aromatic ring is 1. The molecule has 12 nitrogen and oxygen atoms in total. The molecule has 0 unspecified atom stereocenters. The highest BCUT2D eigenvalue weighted by atomic mass is 31.2. The van der Waals surface area contributed by atoms with E-state index in [0.717, 1.165) is 0 Å².